The van der Waals surface area contributed by atoms with Crippen LogP contribution in [0.1, 0.15) is 24.2 Å². The van der Waals surface area contributed by atoms with Gasteiger partial charge in [-0.2, -0.15) is 0 Å². The Morgan fingerprint density at radius 3 is 2.33 bits per heavy atom. The van der Waals surface area contributed by atoms with Crippen molar-refractivity contribution in [2.24, 2.45) is 0 Å². The van der Waals surface area contributed by atoms with Crippen molar-refractivity contribution in [3.05, 3.63) is 34.9 Å². The molecule has 0 saturated carbocycles. The van der Waals surface area contributed by atoms with Gasteiger partial charge in [-0.15, -0.1) is 0 Å². The van der Waals surface area contributed by atoms with Crippen LogP contribution in [0.2, 0.25) is 5.02 Å². The van der Waals surface area contributed by atoms with Crippen molar-refractivity contribution in [2.45, 2.75) is 35.2 Å². The summed E-state index contributed by atoms with van der Waals surface area (Å²) in [5, 5.41) is 0.682. The number of rotatable bonds is 4. The van der Waals surface area contributed by atoms with Gasteiger partial charge in [-0.3, -0.25) is 4.79 Å². The van der Waals surface area contributed by atoms with Crippen LogP contribution in [0.5, 0.6) is 0 Å². The van der Waals surface area contributed by atoms with Gasteiger partial charge in [0, 0.05) is 5.02 Å². The van der Waals surface area contributed by atoms with E-state index in [4.69, 9.17) is 16.3 Å². The quantitative estimate of drug-likeness (QED) is 0.561. The largest absolute Gasteiger partial charge is 0.358 e. The second-order valence-corrected chi connectivity index (χ2v) is 7.00. The number of carbonyl (C=O) groups is 1. The first kappa shape index (κ1) is 14.5. The highest BCUT2D eigenvalue weighted by molar-refractivity contribution is 9.12. The van der Waals surface area contributed by atoms with E-state index in [1.807, 2.05) is 38.1 Å². The second kappa shape index (κ2) is 5.23. The van der Waals surface area contributed by atoms with Gasteiger partial charge < -0.3 is 4.74 Å². The molecule has 1 aromatic carbocycles. The fraction of sp³-hybridized carbons (Fsp3) is 0.462. The number of ether oxygens (including phenoxy) is 1. The van der Waals surface area contributed by atoms with Gasteiger partial charge in [0.1, 0.15) is 0 Å². The summed E-state index contributed by atoms with van der Waals surface area (Å²) >= 11 is 12.9. The second-order valence-electron chi connectivity index (χ2n) is 4.59. The average molecular weight is 397 g/mol. The topological polar surface area (TPSA) is 29.6 Å². The molecule has 18 heavy (non-hydrogen) atoms. The van der Waals surface area contributed by atoms with Crippen molar-refractivity contribution in [1.29, 1.82) is 0 Å². The predicted molar refractivity (Wildman–Crippen MR) is 79.8 cm³/mol. The Labute approximate surface area is 128 Å². The molecule has 0 N–H and O–H groups in total. The number of ketones is 1. The van der Waals surface area contributed by atoms with Gasteiger partial charge in [0.15, 0.2) is 11.4 Å². The molecule has 0 spiro atoms. The molecular formula is C13H13Br2ClO2. The van der Waals surface area contributed by atoms with Crippen LogP contribution in [0.25, 0.3) is 0 Å². The molecule has 1 saturated heterocycles. The first-order chi connectivity index (χ1) is 8.36. The Bertz CT molecular complexity index is 463. The Kier molecular flexibility index (Phi) is 4.22. The molecule has 0 bridgehead atoms. The predicted octanol–water partition coefficient (Wildman–Crippen LogP) is 4.29. The summed E-state index contributed by atoms with van der Waals surface area (Å²) in [5.41, 5.74) is 0.360. The monoisotopic (exact) mass is 394 g/mol. The molecule has 1 heterocycles. The van der Waals surface area contributed by atoms with Crippen LogP contribution in [0, 0.1) is 0 Å². The third-order valence-corrected chi connectivity index (χ3v) is 6.29. The summed E-state index contributed by atoms with van der Waals surface area (Å²) in [6.07, 6.45) is -0.00466. The Morgan fingerprint density at radius 2 is 1.89 bits per heavy atom. The summed E-state index contributed by atoms with van der Waals surface area (Å²) in [4.78, 5) is 11.9. The van der Waals surface area contributed by atoms with Gasteiger partial charge in [-0.25, -0.2) is 0 Å². The zero-order valence-corrected chi connectivity index (χ0v) is 13.9. The molecule has 0 aliphatic carbocycles. The van der Waals surface area contributed by atoms with Crippen LogP contribution in [0.15, 0.2) is 24.3 Å². The summed E-state index contributed by atoms with van der Waals surface area (Å²) in [6, 6.07) is 7.44. The fourth-order valence-corrected chi connectivity index (χ4v) is 3.24. The summed E-state index contributed by atoms with van der Waals surface area (Å²) in [5.74, 6) is 0.0619. The van der Waals surface area contributed by atoms with Crippen molar-refractivity contribution in [3.8, 4) is 0 Å². The van der Waals surface area contributed by atoms with Crippen LogP contribution < -0.4 is 0 Å². The minimum absolute atomic E-state index is 0.00466. The van der Waals surface area contributed by atoms with Crippen molar-refractivity contribution in [1.82, 2.24) is 0 Å². The summed E-state index contributed by atoms with van der Waals surface area (Å²) in [6.45, 7) is 3.74. The molecule has 2 rings (SSSR count). The van der Waals surface area contributed by atoms with Crippen molar-refractivity contribution in [3.63, 3.8) is 0 Å². The fourth-order valence-electron chi connectivity index (χ4n) is 1.81. The minimum atomic E-state index is -0.646. The molecule has 1 aliphatic rings. The molecule has 0 amide bonds. The molecule has 5 heteroatoms. The number of epoxide rings is 1. The SMILES string of the molecule is C[C@@H]1O[C@]1(C)C(=O)[C@@H](Br)[C@H](Br)c1ccc(Cl)cc1. The van der Waals surface area contributed by atoms with E-state index >= 15 is 0 Å². The molecular weight excluding hydrogens is 383 g/mol. The lowest BCUT2D eigenvalue weighted by Crippen LogP contribution is -2.33. The Morgan fingerprint density at radius 1 is 1.39 bits per heavy atom. The molecule has 0 radical (unpaired) electrons. The molecule has 2 nitrogen and oxygen atoms in total. The third kappa shape index (κ3) is 2.67. The number of carbonyl (C=O) groups excluding carboxylic acids is 1. The van der Waals surface area contributed by atoms with Gasteiger partial charge in [0.05, 0.1) is 15.8 Å². The van der Waals surface area contributed by atoms with Gasteiger partial charge in [0.25, 0.3) is 0 Å². The summed E-state index contributed by atoms with van der Waals surface area (Å²) in [7, 11) is 0. The van der Waals surface area contributed by atoms with E-state index in [2.05, 4.69) is 31.9 Å². The van der Waals surface area contributed by atoms with E-state index in [-0.39, 0.29) is 21.5 Å². The number of benzene rings is 1. The van der Waals surface area contributed by atoms with Gasteiger partial charge in [-0.1, -0.05) is 55.6 Å². The molecule has 4 atom stereocenters. The Balaban J connectivity index is 2.11. The highest BCUT2D eigenvalue weighted by Crippen LogP contribution is 2.42. The number of hydrogen-bond donors (Lipinski definition) is 0. The van der Waals surface area contributed by atoms with Crippen LogP contribution in [-0.2, 0) is 9.53 Å². The maximum absolute atomic E-state index is 12.3. The van der Waals surface area contributed by atoms with Crippen LogP contribution in [-0.4, -0.2) is 22.3 Å². The van der Waals surface area contributed by atoms with E-state index in [9.17, 15) is 4.79 Å². The molecule has 98 valence electrons. The summed E-state index contributed by atoms with van der Waals surface area (Å²) < 4.78 is 5.37. The van der Waals surface area contributed by atoms with E-state index in [0.29, 0.717) is 5.02 Å². The van der Waals surface area contributed by atoms with Crippen molar-refractivity contribution in [2.75, 3.05) is 0 Å². The maximum atomic E-state index is 12.3. The zero-order valence-electron chi connectivity index (χ0n) is 9.99. The van der Waals surface area contributed by atoms with Crippen molar-refractivity contribution >= 4 is 49.2 Å². The normalized spacial score (nSPS) is 29.7. The first-order valence-electron chi connectivity index (χ1n) is 5.62. The molecule has 1 aliphatic heterocycles. The molecule has 1 fully saturated rings. The highest BCUT2D eigenvalue weighted by atomic mass is 79.9. The van der Waals surface area contributed by atoms with Crippen molar-refractivity contribution < 1.29 is 9.53 Å². The van der Waals surface area contributed by atoms with E-state index in [1.165, 1.54) is 0 Å². The van der Waals surface area contributed by atoms with Gasteiger partial charge in [-0.05, 0) is 31.5 Å². The molecule has 1 aromatic rings. The Hall–Kier alpha value is 0.1000. The highest BCUT2D eigenvalue weighted by Gasteiger charge is 2.57. The van der Waals surface area contributed by atoms with Crippen LogP contribution in [0.4, 0.5) is 0 Å². The lowest BCUT2D eigenvalue weighted by molar-refractivity contribution is -0.122. The lowest BCUT2D eigenvalue weighted by Gasteiger charge is -2.18. The number of Topliss-reactive ketones (excluding diaryl/α,β-unsaturated/α-hetero) is 1. The smallest absolute Gasteiger partial charge is 0.182 e. The zero-order chi connectivity index (χ0) is 13.5. The maximum Gasteiger partial charge on any atom is 0.182 e. The third-order valence-electron chi connectivity index (χ3n) is 3.33. The van der Waals surface area contributed by atoms with E-state index < -0.39 is 5.60 Å². The van der Waals surface area contributed by atoms with Crippen LogP contribution in [0.3, 0.4) is 0 Å². The van der Waals surface area contributed by atoms with Gasteiger partial charge in [0.2, 0.25) is 0 Å². The number of alkyl halides is 2. The minimum Gasteiger partial charge on any atom is -0.358 e. The standard InChI is InChI=1S/C13H13Br2ClO2/c1-7-13(2,18-7)12(17)11(15)10(14)8-3-5-9(16)6-4-8/h3-7,10-11H,1-2H3/t7-,10+,11-,13-/m0/s1. The van der Waals surface area contributed by atoms with E-state index in [0.717, 1.165) is 5.56 Å². The number of hydrogen-bond acceptors (Lipinski definition) is 2. The number of halogens is 3. The first-order valence-corrected chi connectivity index (χ1v) is 7.83. The van der Waals surface area contributed by atoms with Gasteiger partial charge >= 0.3 is 0 Å². The van der Waals surface area contributed by atoms with Crippen LogP contribution >= 0.6 is 43.5 Å². The van der Waals surface area contributed by atoms with E-state index in [1.54, 1.807) is 0 Å². The average Bonchev–Trinajstić information content (AvgIpc) is 2.97. The molecule has 0 aromatic heterocycles. The molecule has 0 unspecified atom stereocenters. The lowest BCUT2D eigenvalue weighted by atomic mass is 9.97.